The summed E-state index contributed by atoms with van der Waals surface area (Å²) in [6.45, 7) is 4.28. The summed E-state index contributed by atoms with van der Waals surface area (Å²) in [5.41, 5.74) is 0. The summed E-state index contributed by atoms with van der Waals surface area (Å²) >= 11 is 0. The highest BCUT2D eigenvalue weighted by Crippen LogP contribution is 2.14. The van der Waals surface area contributed by atoms with E-state index in [2.05, 4.69) is 31.3 Å². The fraction of sp³-hybridized carbons (Fsp3) is 0.900. The van der Waals surface area contributed by atoms with Crippen LogP contribution in [0.25, 0.3) is 0 Å². The largest absolute Gasteiger partial charge is 0.394 e. The van der Waals surface area contributed by atoms with Gasteiger partial charge in [0.05, 0.1) is 18.8 Å². The Morgan fingerprint density at radius 2 is 1.15 bits per heavy atom. The van der Waals surface area contributed by atoms with Gasteiger partial charge in [-0.2, -0.15) is 0 Å². The molecular weight excluding hydrogens is 422 g/mol. The lowest BCUT2D eigenvalue weighted by molar-refractivity contribution is -0.123. The number of carbonyl (C=O) groups excluding carboxylic acids is 1. The van der Waals surface area contributed by atoms with Gasteiger partial charge in [-0.1, -0.05) is 129 Å². The Morgan fingerprint density at radius 3 is 1.71 bits per heavy atom. The Morgan fingerprint density at radius 1 is 0.676 bits per heavy atom. The smallest absolute Gasteiger partial charge is 0.220 e. The Labute approximate surface area is 212 Å². The minimum Gasteiger partial charge on any atom is -0.394 e. The molecule has 4 nitrogen and oxygen atoms in total. The first-order valence-electron chi connectivity index (χ1n) is 14.9. The number of rotatable bonds is 26. The number of nitrogens with one attached hydrogen (secondary N) is 1. The molecule has 3 N–H and O–H groups in total. The standard InChI is InChI=1S/C30H59NO3/c1-3-5-7-9-11-13-15-16-17-19-21-23-25-29(33)28(27-32)31-30(34)26-24-22-20-18-14-12-10-8-6-4-2/h10,12,28-29,32-33H,3-9,11,13-27H2,1-2H3,(H,31,34)/b12-10-. The second-order valence-corrected chi connectivity index (χ2v) is 10.2. The Bertz CT molecular complexity index is 452. The zero-order valence-electron chi connectivity index (χ0n) is 22.9. The van der Waals surface area contributed by atoms with Crippen molar-refractivity contribution < 1.29 is 15.0 Å². The molecule has 0 aromatic heterocycles. The first-order valence-corrected chi connectivity index (χ1v) is 14.9. The maximum atomic E-state index is 12.2. The summed E-state index contributed by atoms with van der Waals surface area (Å²) in [6.07, 6.45) is 29.6. The second-order valence-electron chi connectivity index (χ2n) is 10.2. The number of amides is 1. The molecule has 1 amide bonds. The molecule has 2 atom stereocenters. The molecule has 0 radical (unpaired) electrons. The molecule has 4 heteroatoms. The Kier molecular flexibility index (Phi) is 26.0. The van der Waals surface area contributed by atoms with Crippen molar-refractivity contribution in [3.05, 3.63) is 12.2 Å². The van der Waals surface area contributed by atoms with E-state index >= 15 is 0 Å². The molecule has 0 fully saturated rings. The van der Waals surface area contributed by atoms with Gasteiger partial charge in [0.2, 0.25) is 5.91 Å². The van der Waals surface area contributed by atoms with Crippen LogP contribution in [0.4, 0.5) is 0 Å². The molecule has 0 saturated carbocycles. The molecule has 34 heavy (non-hydrogen) atoms. The molecule has 2 unspecified atom stereocenters. The van der Waals surface area contributed by atoms with E-state index in [0.717, 1.165) is 38.5 Å². The van der Waals surface area contributed by atoms with Crippen LogP contribution in [-0.2, 0) is 4.79 Å². The third-order valence-electron chi connectivity index (χ3n) is 6.78. The molecule has 202 valence electrons. The third-order valence-corrected chi connectivity index (χ3v) is 6.78. The second kappa shape index (κ2) is 26.7. The predicted molar refractivity (Wildman–Crippen MR) is 147 cm³/mol. The summed E-state index contributed by atoms with van der Waals surface area (Å²) in [5.74, 6) is -0.0488. The van der Waals surface area contributed by atoms with Gasteiger partial charge in [0, 0.05) is 6.42 Å². The topological polar surface area (TPSA) is 69.6 Å². The fourth-order valence-electron chi connectivity index (χ4n) is 4.40. The van der Waals surface area contributed by atoms with Crippen LogP contribution in [0.1, 0.15) is 155 Å². The molecule has 0 aliphatic rings. The highest BCUT2D eigenvalue weighted by Gasteiger charge is 2.19. The molecule has 0 aliphatic carbocycles. The van der Waals surface area contributed by atoms with Gasteiger partial charge in [-0.05, 0) is 32.1 Å². The van der Waals surface area contributed by atoms with E-state index in [0.29, 0.717) is 12.8 Å². The van der Waals surface area contributed by atoms with Crippen LogP contribution in [0.5, 0.6) is 0 Å². The van der Waals surface area contributed by atoms with Crippen molar-refractivity contribution in [3.63, 3.8) is 0 Å². The minimum absolute atomic E-state index is 0.0488. The van der Waals surface area contributed by atoms with Crippen molar-refractivity contribution >= 4 is 5.91 Å². The first kappa shape index (κ1) is 33.1. The zero-order chi connectivity index (χ0) is 25.1. The van der Waals surface area contributed by atoms with Gasteiger partial charge in [-0.3, -0.25) is 4.79 Å². The van der Waals surface area contributed by atoms with E-state index in [1.54, 1.807) is 0 Å². The fourth-order valence-corrected chi connectivity index (χ4v) is 4.40. The average molecular weight is 482 g/mol. The van der Waals surface area contributed by atoms with Gasteiger partial charge in [0.1, 0.15) is 0 Å². The van der Waals surface area contributed by atoms with Crippen LogP contribution in [0, 0.1) is 0 Å². The SMILES string of the molecule is CCCC/C=C\CCCCCCC(=O)NC(CO)C(O)CCCCCCCCCCCCCC. The van der Waals surface area contributed by atoms with E-state index in [9.17, 15) is 15.0 Å². The maximum Gasteiger partial charge on any atom is 0.220 e. The Balaban J connectivity index is 3.63. The highest BCUT2D eigenvalue weighted by molar-refractivity contribution is 5.76. The van der Waals surface area contributed by atoms with Crippen LogP contribution >= 0.6 is 0 Å². The van der Waals surface area contributed by atoms with Crippen molar-refractivity contribution in [2.75, 3.05) is 6.61 Å². The number of hydrogen-bond donors (Lipinski definition) is 3. The number of aliphatic hydroxyl groups excluding tert-OH is 2. The van der Waals surface area contributed by atoms with Crippen LogP contribution in [0.3, 0.4) is 0 Å². The summed E-state index contributed by atoms with van der Waals surface area (Å²) in [6, 6.07) is -0.534. The molecular formula is C30H59NO3. The van der Waals surface area contributed by atoms with Crippen molar-refractivity contribution in [2.45, 2.75) is 167 Å². The summed E-state index contributed by atoms with van der Waals surface area (Å²) in [7, 11) is 0. The third kappa shape index (κ3) is 22.9. The maximum absolute atomic E-state index is 12.2. The first-order chi connectivity index (χ1) is 16.7. The van der Waals surface area contributed by atoms with Gasteiger partial charge in [-0.15, -0.1) is 0 Å². The quantitative estimate of drug-likeness (QED) is 0.0865. The molecule has 0 spiro atoms. The summed E-state index contributed by atoms with van der Waals surface area (Å²) in [5, 5.41) is 22.8. The van der Waals surface area contributed by atoms with Crippen molar-refractivity contribution in [2.24, 2.45) is 0 Å². The van der Waals surface area contributed by atoms with Gasteiger partial charge in [-0.25, -0.2) is 0 Å². The normalized spacial score (nSPS) is 13.4. The monoisotopic (exact) mass is 481 g/mol. The zero-order valence-corrected chi connectivity index (χ0v) is 22.9. The molecule has 0 bridgehead atoms. The lowest BCUT2D eigenvalue weighted by Gasteiger charge is -2.22. The molecule has 0 rings (SSSR count). The summed E-state index contributed by atoms with van der Waals surface area (Å²) < 4.78 is 0. The number of allylic oxidation sites excluding steroid dienone is 2. The number of aliphatic hydroxyl groups is 2. The molecule has 0 aliphatic heterocycles. The van der Waals surface area contributed by atoms with E-state index in [1.165, 1.54) is 89.9 Å². The molecule has 0 aromatic carbocycles. The summed E-state index contributed by atoms with van der Waals surface area (Å²) in [4.78, 5) is 12.2. The van der Waals surface area contributed by atoms with Gasteiger partial charge >= 0.3 is 0 Å². The molecule has 0 saturated heterocycles. The van der Waals surface area contributed by atoms with Gasteiger partial charge < -0.3 is 15.5 Å². The van der Waals surface area contributed by atoms with E-state index < -0.39 is 12.1 Å². The van der Waals surface area contributed by atoms with Crippen LogP contribution in [-0.4, -0.2) is 34.9 Å². The van der Waals surface area contributed by atoms with Crippen LogP contribution in [0.15, 0.2) is 12.2 Å². The van der Waals surface area contributed by atoms with E-state index in [-0.39, 0.29) is 12.5 Å². The minimum atomic E-state index is -0.656. The highest BCUT2D eigenvalue weighted by atomic mass is 16.3. The van der Waals surface area contributed by atoms with Crippen molar-refractivity contribution in [3.8, 4) is 0 Å². The van der Waals surface area contributed by atoms with Crippen LogP contribution < -0.4 is 5.32 Å². The van der Waals surface area contributed by atoms with E-state index in [4.69, 9.17) is 0 Å². The van der Waals surface area contributed by atoms with Gasteiger partial charge in [0.15, 0.2) is 0 Å². The van der Waals surface area contributed by atoms with Crippen molar-refractivity contribution in [1.29, 1.82) is 0 Å². The van der Waals surface area contributed by atoms with Gasteiger partial charge in [0.25, 0.3) is 0 Å². The number of hydrogen-bond acceptors (Lipinski definition) is 3. The number of unbranched alkanes of at least 4 members (excludes halogenated alkanes) is 17. The van der Waals surface area contributed by atoms with E-state index in [1.807, 2.05) is 0 Å². The predicted octanol–water partition coefficient (Wildman–Crippen LogP) is 8.00. The number of carbonyl (C=O) groups is 1. The molecule has 0 aromatic rings. The van der Waals surface area contributed by atoms with Crippen molar-refractivity contribution in [1.82, 2.24) is 5.32 Å². The van der Waals surface area contributed by atoms with Crippen LogP contribution in [0.2, 0.25) is 0 Å². The lowest BCUT2D eigenvalue weighted by Crippen LogP contribution is -2.45. The lowest BCUT2D eigenvalue weighted by atomic mass is 10.0. The molecule has 0 heterocycles. The Hall–Kier alpha value is -0.870. The average Bonchev–Trinajstić information content (AvgIpc) is 2.84.